The van der Waals surface area contributed by atoms with Gasteiger partial charge in [0.15, 0.2) is 5.82 Å². The highest BCUT2D eigenvalue weighted by molar-refractivity contribution is 5.94. The molecule has 0 radical (unpaired) electrons. The molecule has 1 saturated heterocycles. The summed E-state index contributed by atoms with van der Waals surface area (Å²) in [6, 6.07) is 5.25. The molecule has 4 rings (SSSR count). The number of nitrogens with one attached hydrogen (secondary N) is 1. The minimum Gasteiger partial charge on any atom is -0.493 e. The van der Waals surface area contributed by atoms with Crippen molar-refractivity contribution in [3.05, 3.63) is 41.0 Å². The number of fused-ring (bicyclic) bond motifs is 1. The van der Waals surface area contributed by atoms with E-state index < -0.39 is 0 Å². The molecule has 0 saturated carbocycles. The van der Waals surface area contributed by atoms with E-state index in [4.69, 9.17) is 14.0 Å². The van der Waals surface area contributed by atoms with Crippen LogP contribution in [0.4, 0.5) is 0 Å². The first kappa shape index (κ1) is 16.1. The molecule has 7 heteroatoms. The van der Waals surface area contributed by atoms with Gasteiger partial charge in [0, 0.05) is 25.2 Å². The van der Waals surface area contributed by atoms with Gasteiger partial charge in [0.25, 0.3) is 5.91 Å². The van der Waals surface area contributed by atoms with Crippen LogP contribution in [0.3, 0.4) is 0 Å². The zero-order chi connectivity index (χ0) is 17.2. The second kappa shape index (κ2) is 6.84. The molecule has 3 heterocycles. The smallest absolute Gasteiger partial charge is 0.251 e. The van der Waals surface area contributed by atoms with Crippen LogP contribution in [0.25, 0.3) is 0 Å². The van der Waals surface area contributed by atoms with Crippen molar-refractivity contribution in [2.75, 3.05) is 19.8 Å². The van der Waals surface area contributed by atoms with E-state index in [1.807, 2.05) is 12.1 Å². The van der Waals surface area contributed by atoms with E-state index in [0.717, 1.165) is 30.6 Å². The summed E-state index contributed by atoms with van der Waals surface area (Å²) in [5.41, 5.74) is 1.70. The zero-order valence-electron chi connectivity index (χ0n) is 14.2. The highest BCUT2D eigenvalue weighted by Crippen LogP contribution is 2.30. The van der Waals surface area contributed by atoms with E-state index in [1.165, 1.54) is 0 Å². The molecular formula is C18H21N3O4. The van der Waals surface area contributed by atoms with Gasteiger partial charge < -0.3 is 19.3 Å². The molecule has 0 bridgehead atoms. The Balaban J connectivity index is 1.56. The molecule has 1 atom stereocenters. The van der Waals surface area contributed by atoms with Gasteiger partial charge in [0.05, 0.1) is 6.61 Å². The Labute approximate surface area is 145 Å². The van der Waals surface area contributed by atoms with Crippen LogP contribution in [-0.4, -0.2) is 35.9 Å². The summed E-state index contributed by atoms with van der Waals surface area (Å²) in [7, 11) is 0. The first-order valence-electron chi connectivity index (χ1n) is 8.65. The minimum absolute atomic E-state index is 0.137. The van der Waals surface area contributed by atoms with Crippen molar-refractivity contribution >= 4 is 5.91 Å². The molecule has 1 N–H and O–H groups in total. The van der Waals surface area contributed by atoms with Gasteiger partial charge in [0.1, 0.15) is 11.8 Å². The first-order chi connectivity index (χ1) is 12.2. The van der Waals surface area contributed by atoms with E-state index in [-0.39, 0.29) is 17.9 Å². The van der Waals surface area contributed by atoms with Gasteiger partial charge in [-0.3, -0.25) is 4.79 Å². The summed E-state index contributed by atoms with van der Waals surface area (Å²) < 4.78 is 16.3. The molecule has 2 aliphatic rings. The van der Waals surface area contributed by atoms with Gasteiger partial charge in [-0.15, -0.1) is 0 Å². The normalized spacial score (nSPS) is 18.4. The fourth-order valence-electron chi connectivity index (χ4n) is 3.42. The number of nitrogens with zero attached hydrogens (tertiary/aromatic N) is 2. The van der Waals surface area contributed by atoms with E-state index in [1.54, 1.807) is 13.0 Å². The lowest BCUT2D eigenvalue weighted by molar-refractivity contribution is 0.0468. The number of amides is 1. The van der Waals surface area contributed by atoms with Crippen LogP contribution in [-0.2, 0) is 11.2 Å². The number of hydrogen-bond donors (Lipinski definition) is 1. The fourth-order valence-corrected chi connectivity index (χ4v) is 3.42. The van der Waals surface area contributed by atoms with E-state index in [0.29, 0.717) is 37.1 Å². The molecule has 1 fully saturated rings. The Morgan fingerprint density at radius 3 is 2.88 bits per heavy atom. The predicted octanol–water partition coefficient (Wildman–Crippen LogP) is 2.21. The number of benzene rings is 1. The maximum Gasteiger partial charge on any atom is 0.251 e. The van der Waals surface area contributed by atoms with Crippen LogP contribution in [0.1, 0.15) is 46.5 Å². The number of ether oxygens (including phenoxy) is 2. The number of carbonyl (C=O) groups excluding carboxylic acids is 1. The van der Waals surface area contributed by atoms with Crippen molar-refractivity contribution in [2.45, 2.75) is 32.2 Å². The van der Waals surface area contributed by atoms with Gasteiger partial charge >= 0.3 is 0 Å². The summed E-state index contributed by atoms with van der Waals surface area (Å²) in [6.07, 6.45) is 2.54. The lowest BCUT2D eigenvalue weighted by atomic mass is 9.91. The van der Waals surface area contributed by atoms with Gasteiger partial charge in [-0.2, -0.15) is 4.98 Å². The average Bonchev–Trinajstić information content (AvgIpc) is 3.28. The third kappa shape index (κ3) is 3.37. The van der Waals surface area contributed by atoms with E-state index in [9.17, 15) is 4.79 Å². The van der Waals surface area contributed by atoms with Crippen LogP contribution >= 0.6 is 0 Å². The van der Waals surface area contributed by atoms with Crippen LogP contribution in [0.2, 0.25) is 0 Å². The standard InChI is InChI=1S/C18H21N3O4/c1-11-19-18(25-21-11)16(12-4-7-23-8-5-12)20-17(22)14-2-3-15-13(10-14)6-9-24-15/h2-3,10,12,16H,4-9H2,1H3,(H,20,22)/t16-/m1/s1. The molecule has 0 unspecified atom stereocenters. The van der Waals surface area contributed by atoms with Gasteiger partial charge in [-0.25, -0.2) is 0 Å². The van der Waals surface area contributed by atoms with Crippen LogP contribution in [0, 0.1) is 12.8 Å². The molecule has 0 spiro atoms. The fraction of sp³-hybridized carbons (Fsp3) is 0.500. The number of aryl methyl sites for hydroxylation is 1. The summed E-state index contributed by atoms with van der Waals surface area (Å²) in [4.78, 5) is 17.1. The predicted molar refractivity (Wildman–Crippen MR) is 88.4 cm³/mol. The average molecular weight is 343 g/mol. The molecule has 25 heavy (non-hydrogen) atoms. The summed E-state index contributed by atoms with van der Waals surface area (Å²) in [6.45, 7) is 3.81. The topological polar surface area (TPSA) is 86.5 Å². The second-order valence-corrected chi connectivity index (χ2v) is 6.50. The van der Waals surface area contributed by atoms with Gasteiger partial charge in [0.2, 0.25) is 5.89 Å². The molecule has 2 aliphatic heterocycles. The van der Waals surface area contributed by atoms with Crippen LogP contribution in [0.5, 0.6) is 5.75 Å². The van der Waals surface area contributed by atoms with E-state index in [2.05, 4.69) is 15.5 Å². The molecule has 1 amide bonds. The Bertz CT molecular complexity index is 767. The minimum atomic E-state index is -0.304. The summed E-state index contributed by atoms with van der Waals surface area (Å²) in [5.74, 6) is 1.97. The van der Waals surface area contributed by atoms with Crippen molar-refractivity contribution in [1.29, 1.82) is 0 Å². The SMILES string of the molecule is Cc1noc([C@H](NC(=O)c2ccc3c(c2)CCO3)C2CCOCC2)n1. The monoisotopic (exact) mass is 343 g/mol. The quantitative estimate of drug-likeness (QED) is 0.916. The highest BCUT2D eigenvalue weighted by atomic mass is 16.5. The number of rotatable bonds is 4. The van der Waals surface area contributed by atoms with Crippen LogP contribution in [0.15, 0.2) is 22.7 Å². The number of hydrogen-bond acceptors (Lipinski definition) is 6. The maximum absolute atomic E-state index is 12.8. The molecular weight excluding hydrogens is 322 g/mol. The summed E-state index contributed by atoms with van der Waals surface area (Å²) in [5, 5.41) is 6.97. The van der Waals surface area contributed by atoms with Crippen molar-refractivity contribution in [3.8, 4) is 5.75 Å². The van der Waals surface area contributed by atoms with Gasteiger partial charge in [-0.1, -0.05) is 5.16 Å². The summed E-state index contributed by atoms with van der Waals surface area (Å²) >= 11 is 0. The van der Waals surface area contributed by atoms with Crippen LogP contribution < -0.4 is 10.1 Å². The van der Waals surface area contributed by atoms with Crippen molar-refractivity contribution in [2.24, 2.45) is 5.92 Å². The lowest BCUT2D eigenvalue weighted by Crippen LogP contribution is -2.36. The first-order valence-corrected chi connectivity index (χ1v) is 8.65. The third-order valence-corrected chi connectivity index (χ3v) is 4.78. The van der Waals surface area contributed by atoms with Gasteiger partial charge in [-0.05, 0) is 49.4 Å². The molecule has 0 aliphatic carbocycles. The Hall–Kier alpha value is -2.41. The Kier molecular flexibility index (Phi) is 4.40. The Morgan fingerprint density at radius 2 is 2.12 bits per heavy atom. The third-order valence-electron chi connectivity index (χ3n) is 4.78. The van der Waals surface area contributed by atoms with E-state index >= 15 is 0 Å². The molecule has 1 aromatic heterocycles. The van der Waals surface area contributed by atoms with Crippen molar-refractivity contribution in [3.63, 3.8) is 0 Å². The number of carbonyl (C=O) groups is 1. The highest BCUT2D eigenvalue weighted by Gasteiger charge is 2.31. The maximum atomic E-state index is 12.8. The molecule has 132 valence electrons. The molecule has 7 nitrogen and oxygen atoms in total. The Morgan fingerprint density at radius 1 is 1.28 bits per heavy atom. The lowest BCUT2D eigenvalue weighted by Gasteiger charge is -2.28. The molecule has 1 aromatic carbocycles. The zero-order valence-corrected chi connectivity index (χ0v) is 14.2. The molecule has 2 aromatic rings. The second-order valence-electron chi connectivity index (χ2n) is 6.50. The largest absolute Gasteiger partial charge is 0.493 e. The van der Waals surface area contributed by atoms with Crippen molar-refractivity contribution < 1.29 is 18.8 Å². The number of aromatic nitrogens is 2. The van der Waals surface area contributed by atoms with Crippen molar-refractivity contribution in [1.82, 2.24) is 15.5 Å².